The fourth-order valence-electron chi connectivity index (χ4n) is 1.96. The van der Waals surface area contributed by atoms with Gasteiger partial charge in [-0.15, -0.1) is 0 Å². The summed E-state index contributed by atoms with van der Waals surface area (Å²) in [6, 6.07) is 9.15. The maximum atomic E-state index is 12.3. The topological polar surface area (TPSA) is 66.9 Å². The van der Waals surface area contributed by atoms with E-state index in [1.165, 1.54) is 0 Å². The number of amides is 1. The standard InChI is InChI=1S/C15H15ClN4O/c1-9-17-13(8-14(18-9)19-11-5-6-11)15(21)20-12-4-2-3-10(16)7-12/h2-4,7-8,11H,5-6H2,1H3,(H,20,21)(H,17,18,19). The molecule has 1 saturated carbocycles. The molecule has 1 aromatic carbocycles. The van der Waals surface area contributed by atoms with Crippen LogP contribution in [-0.4, -0.2) is 21.9 Å². The largest absolute Gasteiger partial charge is 0.367 e. The third kappa shape index (κ3) is 3.70. The summed E-state index contributed by atoms with van der Waals surface area (Å²) in [6.07, 6.45) is 2.29. The Hall–Kier alpha value is -2.14. The summed E-state index contributed by atoms with van der Waals surface area (Å²) in [4.78, 5) is 20.7. The minimum absolute atomic E-state index is 0.276. The molecule has 108 valence electrons. The average Bonchev–Trinajstić information content (AvgIpc) is 3.22. The molecular formula is C15H15ClN4O. The number of rotatable bonds is 4. The Balaban J connectivity index is 1.78. The maximum absolute atomic E-state index is 12.3. The van der Waals surface area contributed by atoms with Gasteiger partial charge in [-0.2, -0.15) is 0 Å². The molecule has 0 bridgehead atoms. The zero-order valence-corrected chi connectivity index (χ0v) is 12.3. The number of nitrogens with zero attached hydrogens (tertiary/aromatic N) is 2. The average molecular weight is 303 g/mol. The van der Waals surface area contributed by atoms with Crippen LogP contribution in [0, 0.1) is 6.92 Å². The van der Waals surface area contributed by atoms with Gasteiger partial charge in [-0.3, -0.25) is 4.79 Å². The lowest BCUT2D eigenvalue weighted by molar-refractivity contribution is 0.102. The highest BCUT2D eigenvalue weighted by atomic mass is 35.5. The molecule has 1 aliphatic carbocycles. The zero-order valence-electron chi connectivity index (χ0n) is 11.6. The first kappa shape index (κ1) is 13.8. The van der Waals surface area contributed by atoms with E-state index in [1.807, 2.05) is 0 Å². The fourth-order valence-corrected chi connectivity index (χ4v) is 2.15. The summed E-state index contributed by atoms with van der Waals surface area (Å²) in [6.45, 7) is 1.77. The number of anilines is 2. The Morgan fingerprint density at radius 1 is 1.29 bits per heavy atom. The van der Waals surface area contributed by atoms with E-state index >= 15 is 0 Å². The van der Waals surface area contributed by atoms with Crippen molar-refractivity contribution in [3.63, 3.8) is 0 Å². The van der Waals surface area contributed by atoms with Crippen LogP contribution >= 0.6 is 11.6 Å². The van der Waals surface area contributed by atoms with E-state index in [0.717, 1.165) is 12.8 Å². The fraction of sp³-hybridized carbons (Fsp3) is 0.267. The van der Waals surface area contributed by atoms with E-state index in [-0.39, 0.29) is 5.91 Å². The number of hydrogen-bond acceptors (Lipinski definition) is 4. The summed E-state index contributed by atoms with van der Waals surface area (Å²) >= 11 is 5.90. The van der Waals surface area contributed by atoms with Crippen LogP contribution in [0.2, 0.25) is 5.02 Å². The highest BCUT2D eigenvalue weighted by molar-refractivity contribution is 6.30. The zero-order chi connectivity index (χ0) is 14.8. The molecule has 1 fully saturated rings. The summed E-state index contributed by atoms with van der Waals surface area (Å²) in [5, 5.41) is 6.63. The highest BCUT2D eigenvalue weighted by Crippen LogP contribution is 2.24. The number of carbonyl (C=O) groups is 1. The normalized spacial score (nSPS) is 13.8. The molecule has 5 nitrogen and oxygen atoms in total. The third-order valence-electron chi connectivity index (χ3n) is 3.08. The van der Waals surface area contributed by atoms with Crippen molar-refractivity contribution in [2.24, 2.45) is 0 Å². The van der Waals surface area contributed by atoms with Gasteiger partial charge in [0.25, 0.3) is 5.91 Å². The Kier molecular flexibility index (Phi) is 3.75. The van der Waals surface area contributed by atoms with E-state index in [9.17, 15) is 4.79 Å². The molecule has 1 heterocycles. The molecule has 0 aliphatic heterocycles. The van der Waals surface area contributed by atoms with E-state index in [2.05, 4.69) is 20.6 Å². The number of hydrogen-bond donors (Lipinski definition) is 2. The Morgan fingerprint density at radius 3 is 2.81 bits per heavy atom. The molecule has 1 aromatic heterocycles. The Morgan fingerprint density at radius 2 is 2.10 bits per heavy atom. The quantitative estimate of drug-likeness (QED) is 0.909. The van der Waals surface area contributed by atoms with Gasteiger partial charge in [0.2, 0.25) is 0 Å². The minimum atomic E-state index is -0.276. The number of carbonyl (C=O) groups excluding carboxylic acids is 1. The molecule has 0 radical (unpaired) electrons. The van der Waals surface area contributed by atoms with Crippen molar-refractivity contribution in [2.75, 3.05) is 10.6 Å². The lowest BCUT2D eigenvalue weighted by Crippen LogP contribution is -2.16. The van der Waals surface area contributed by atoms with E-state index < -0.39 is 0 Å². The van der Waals surface area contributed by atoms with Crippen molar-refractivity contribution >= 4 is 29.0 Å². The van der Waals surface area contributed by atoms with E-state index in [4.69, 9.17) is 11.6 Å². The molecule has 2 N–H and O–H groups in total. The molecule has 6 heteroatoms. The van der Waals surface area contributed by atoms with Gasteiger partial charge in [0.05, 0.1) is 0 Å². The summed E-state index contributed by atoms with van der Waals surface area (Å²) in [7, 11) is 0. The van der Waals surface area contributed by atoms with Crippen LogP contribution in [0.25, 0.3) is 0 Å². The van der Waals surface area contributed by atoms with Gasteiger partial charge in [0, 0.05) is 22.8 Å². The van der Waals surface area contributed by atoms with Gasteiger partial charge in [-0.1, -0.05) is 17.7 Å². The van der Waals surface area contributed by atoms with Gasteiger partial charge < -0.3 is 10.6 Å². The third-order valence-corrected chi connectivity index (χ3v) is 3.32. The Labute approximate surface area is 127 Å². The van der Waals surface area contributed by atoms with Crippen LogP contribution in [0.4, 0.5) is 11.5 Å². The smallest absolute Gasteiger partial charge is 0.274 e. The van der Waals surface area contributed by atoms with E-state index in [0.29, 0.717) is 34.1 Å². The van der Waals surface area contributed by atoms with Gasteiger partial charge >= 0.3 is 0 Å². The molecule has 1 aliphatic rings. The summed E-state index contributed by atoms with van der Waals surface area (Å²) < 4.78 is 0. The van der Waals surface area contributed by atoms with Crippen molar-refractivity contribution < 1.29 is 4.79 Å². The molecule has 2 aromatic rings. The number of aromatic nitrogens is 2. The van der Waals surface area contributed by atoms with Crippen molar-refractivity contribution in [3.8, 4) is 0 Å². The minimum Gasteiger partial charge on any atom is -0.367 e. The number of benzene rings is 1. The van der Waals surface area contributed by atoms with E-state index in [1.54, 1.807) is 37.3 Å². The second kappa shape index (κ2) is 5.69. The molecular weight excluding hydrogens is 288 g/mol. The molecule has 1 amide bonds. The van der Waals surface area contributed by atoms with Gasteiger partial charge in [0.15, 0.2) is 0 Å². The maximum Gasteiger partial charge on any atom is 0.274 e. The lowest BCUT2D eigenvalue weighted by atomic mass is 10.3. The number of nitrogens with one attached hydrogen (secondary N) is 2. The van der Waals surface area contributed by atoms with Gasteiger partial charge in [-0.25, -0.2) is 9.97 Å². The van der Waals surface area contributed by atoms with Crippen LogP contribution in [0.5, 0.6) is 0 Å². The van der Waals surface area contributed by atoms with Crippen molar-refractivity contribution in [2.45, 2.75) is 25.8 Å². The first-order valence-electron chi connectivity index (χ1n) is 6.79. The Bertz CT molecular complexity index is 685. The monoisotopic (exact) mass is 302 g/mol. The molecule has 0 saturated heterocycles. The predicted octanol–water partition coefficient (Wildman–Crippen LogP) is 3.27. The molecule has 0 spiro atoms. The van der Waals surface area contributed by atoms with Gasteiger partial charge in [-0.05, 0) is 38.0 Å². The first-order valence-corrected chi connectivity index (χ1v) is 7.17. The number of aryl methyl sites for hydroxylation is 1. The SMILES string of the molecule is Cc1nc(NC2CC2)cc(C(=O)Nc2cccc(Cl)c2)n1. The molecule has 0 unspecified atom stereocenters. The molecule has 0 atom stereocenters. The van der Waals surface area contributed by atoms with Crippen LogP contribution in [0.15, 0.2) is 30.3 Å². The number of halogens is 1. The molecule has 3 rings (SSSR count). The highest BCUT2D eigenvalue weighted by Gasteiger charge is 2.22. The summed E-state index contributed by atoms with van der Waals surface area (Å²) in [5.74, 6) is 0.986. The van der Waals surface area contributed by atoms with Crippen LogP contribution in [0.3, 0.4) is 0 Å². The van der Waals surface area contributed by atoms with Crippen LogP contribution in [0.1, 0.15) is 29.2 Å². The van der Waals surface area contributed by atoms with Crippen LogP contribution in [-0.2, 0) is 0 Å². The van der Waals surface area contributed by atoms with Crippen LogP contribution < -0.4 is 10.6 Å². The first-order chi connectivity index (χ1) is 10.1. The lowest BCUT2D eigenvalue weighted by Gasteiger charge is -2.08. The molecule has 21 heavy (non-hydrogen) atoms. The predicted molar refractivity (Wildman–Crippen MR) is 82.8 cm³/mol. The van der Waals surface area contributed by atoms with Crippen molar-refractivity contribution in [3.05, 3.63) is 46.9 Å². The van der Waals surface area contributed by atoms with Crippen molar-refractivity contribution in [1.82, 2.24) is 9.97 Å². The van der Waals surface area contributed by atoms with Crippen molar-refractivity contribution in [1.29, 1.82) is 0 Å². The second-order valence-corrected chi connectivity index (χ2v) is 5.51. The summed E-state index contributed by atoms with van der Waals surface area (Å²) in [5.41, 5.74) is 0.978. The second-order valence-electron chi connectivity index (χ2n) is 5.07. The van der Waals surface area contributed by atoms with Gasteiger partial charge in [0.1, 0.15) is 17.3 Å².